The predicted octanol–water partition coefficient (Wildman–Crippen LogP) is 1.64. The summed E-state index contributed by atoms with van der Waals surface area (Å²) in [6.07, 6.45) is 0.876. The smallest absolute Gasteiger partial charge is 0.210 e. The Kier molecular flexibility index (Phi) is 3.51. The third-order valence-corrected chi connectivity index (χ3v) is 2.14. The summed E-state index contributed by atoms with van der Waals surface area (Å²) in [7, 11) is 0. The van der Waals surface area contributed by atoms with Gasteiger partial charge in [0, 0.05) is 18.3 Å². The topological polar surface area (TPSA) is 46.3 Å². The number of nitrogens with two attached hydrogens (primary N) is 1. The molecule has 0 aromatic heterocycles. The van der Waals surface area contributed by atoms with Crippen LogP contribution in [0.5, 0.6) is 0 Å². The van der Waals surface area contributed by atoms with Crippen LogP contribution in [0.4, 0.5) is 5.69 Å². The van der Waals surface area contributed by atoms with E-state index in [-0.39, 0.29) is 6.04 Å². The van der Waals surface area contributed by atoms with Crippen molar-refractivity contribution in [3.8, 4) is 0 Å². The monoisotopic (exact) mass is 192 g/mol. The molecule has 3 nitrogen and oxygen atoms in total. The van der Waals surface area contributed by atoms with Gasteiger partial charge in [-0.3, -0.25) is 4.79 Å². The van der Waals surface area contributed by atoms with E-state index in [0.29, 0.717) is 6.54 Å². The van der Waals surface area contributed by atoms with Crippen molar-refractivity contribution >= 4 is 12.1 Å². The lowest BCUT2D eigenvalue weighted by Gasteiger charge is -2.21. The highest BCUT2D eigenvalue weighted by Gasteiger charge is 2.06. The van der Waals surface area contributed by atoms with Crippen molar-refractivity contribution in [1.29, 1.82) is 0 Å². The zero-order chi connectivity index (χ0) is 10.6. The minimum atomic E-state index is 0.227. The summed E-state index contributed by atoms with van der Waals surface area (Å²) in [6.45, 7) is 4.62. The number of amides is 1. The Morgan fingerprint density at radius 1 is 1.36 bits per heavy atom. The summed E-state index contributed by atoms with van der Waals surface area (Å²) < 4.78 is 0. The van der Waals surface area contributed by atoms with Crippen LogP contribution in [0.1, 0.15) is 19.4 Å². The lowest BCUT2D eigenvalue weighted by molar-refractivity contribution is -0.120. The Balaban J connectivity index is 2.67. The third-order valence-electron chi connectivity index (χ3n) is 2.14. The summed E-state index contributed by atoms with van der Waals surface area (Å²) in [5.41, 5.74) is 7.41. The number of carbonyl (C=O) groups excluding carboxylic acids is 1. The fourth-order valence-electron chi connectivity index (χ4n) is 1.18. The number of hydrogen-bond donors (Lipinski definition) is 1. The first kappa shape index (κ1) is 10.6. The molecule has 1 rings (SSSR count). The van der Waals surface area contributed by atoms with Crippen LogP contribution >= 0.6 is 0 Å². The number of nitrogen functional groups attached to an aromatic ring is 1. The van der Waals surface area contributed by atoms with E-state index in [1.54, 1.807) is 4.90 Å². The quantitative estimate of drug-likeness (QED) is 0.582. The molecule has 3 heteroatoms. The maximum atomic E-state index is 10.7. The minimum Gasteiger partial charge on any atom is -0.399 e. The molecule has 0 aliphatic heterocycles. The van der Waals surface area contributed by atoms with Gasteiger partial charge >= 0.3 is 0 Å². The first-order chi connectivity index (χ1) is 6.63. The fourth-order valence-corrected chi connectivity index (χ4v) is 1.18. The number of hydrogen-bond acceptors (Lipinski definition) is 2. The minimum absolute atomic E-state index is 0.227. The zero-order valence-electron chi connectivity index (χ0n) is 8.60. The number of benzene rings is 1. The number of rotatable bonds is 4. The Morgan fingerprint density at radius 3 is 2.36 bits per heavy atom. The second kappa shape index (κ2) is 4.65. The number of nitrogens with zero attached hydrogens (tertiary/aromatic N) is 1. The first-order valence-corrected chi connectivity index (χ1v) is 4.69. The van der Waals surface area contributed by atoms with Crippen molar-refractivity contribution < 1.29 is 4.79 Å². The van der Waals surface area contributed by atoms with Crippen molar-refractivity contribution in [1.82, 2.24) is 4.90 Å². The molecule has 0 aliphatic rings. The molecule has 0 spiro atoms. The highest BCUT2D eigenvalue weighted by Crippen LogP contribution is 2.09. The Morgan fingerprint density at radius 2 is 1.93 bits per heavy atom. The highest BCUT2D eigenvalue weighted by atomic mass is 16.1. The van der Waals surface area contributed by atoms with E-state index < -0.39 is 0 Å². The molecule has 0 radical (unpaired) electrons. The second-order valence-corrected chi connectivity index (χ2v) is 3.61. The normalized spacial score (nSPS) is 10.2. The van der Waals surface area contributed by atoms with E-state index in [9.17, 15) is 4.79 Å². The van der Waals surface area contributed by atoms with Gasteiger partial charge in [0.15, 0.2) is 0 Å². The fraction of sp³-hybridized carbons (Fsp3) is 0.364. The maximum absolute atomic E-state index is 10.7. The van der Waals surface area contributed by atoms with Crippen molar-refractivity contribution in [3.63, 3.8) is 0 Å². The standard InChI is InChI=1S/C11H16N2O/c1-9(2)13(8-14)7-10-3-5-11(12)6-4-10/h3-6,8-9H,7,12H2,1-2H3. The van der Waals surface area contributed by atoms with E-state index in [1.165, 1.54) is 0 Å². The van der Waals surface area contributed by atoms with Crippen LogP contribution in [-0.2, 0) is 11.3 Å². The summed E-state index contributed by atoms with van der Waals surface area (Å²) in [5.74, 6) is 0. The zero-order valence-corrected chi connectivity index (χ0v) is 8.60. The van der Waals surface area contributed by atoms with Gasteiger partial charge in [-0.1, -0.05) is 12.1 Å². The third kappa shape index (κ3) is 2.76. The molecule has 0 fully saturated rings. The lowest BCUT2D eigenvalue weighted by atomic mass is 10.2. The van der Waals surface area contributed by atoms with E-state index in [2.05, 4.69) is 0 Å². The summed E-state index contributed by atoms with van der Waals surface area (Å²) in [5, 5.41) is 0. The van der Waals surface area contributed by atoms with E-state index in [4.69, 9.17) is 5.73 Å². The van der Waals surface area contributed by atoms with Crippen LogP contribution in [-0.4, -0.2) is 17.4 Å². The summed E-state index contributed by atoms with van der Waals surface area (Å²) in [4.78, 5) is 12.5. The van der Waals surface area contributed by atoms with Gasteiger partial charge in [0.05, 0.1) is 0 Å². The molecule has 0 unspecified atom stereocenters. The van der Waals surface area contributed by atoms with Crippen LogP contribution in [0.3, 0.4) is 0 Å². The molecular formula is C11H16N2O. The van der Waals surface area contributed by atoms with Crippen LogP contribution in [0.15, 0.2) is 24.3 Å². The first-order valence-electron chi connectivity index (χ1n) is 4.69. The van der Waals surface area contributed by atoms with E-state index >= 15 is 0 Å². The molecule has 0 atom stereocenters. The van der Waals surface area contributed by atoms with Gasteiger partial charge in [-0.05, 0) is 31.5 Å². The van der Waals surface area contributed by atoms with Crippen LogP contribution in [0.2, 0.25) is 0 Å². The highest BCUT2D eigenvalue weighted by molar-refractivity contribution is 5.48. The molecule has 0 heterocycles. The molecule has 1 aromatic rings. The van der Waals surface area contributed by atoms with Crippen LogP contribution in [0, 0.1) is 0 Å². The lowest BCUT2D eigenvalue weighted by Crippen LogP contribution is -2.28. The molecular weight excluding hydrogens is 176 g/mol. The molecule has 76 valence electrons. The molecule has 1 amide bonds. The van der Waals surface area contributed by atoms with Gasteiger partial charge in [0.25, 0.3) is 0 Å². The molecule has 14 heavy (non-hydrogen) atoms. The van der Waals surface area contributed by atoms with Gasteiger partial charge in [-0.15, -0.1) is 0 Å². The Hall–Kier alpha value is -1.51. The van der Waals surface area contributed by atoms with Crippen LogP contribution in [0.25, 0.3) is 0 Å². The Bertz CT molecular complexity index is 293. The average Bonchev–Trinajstić information content (AvgIpc) is 2.16. The van der Waals surface area contributed by atoms with Crippen molar-refractivity contribution in [2.45, 2.75) is 26.4 Å². The van der Waals surface area contributed by atoms with Crippen molar-refractivity contribution in [2.24, 2.45) is 0 Å². The van der Waals surface area contributed by atoms with Crippen LogP contribution < -0.4 is 5.73 Å². The molecule has 0 bridgehead atoms. The van der Waals surface area contributed by atoms with Gasteiger partial charge in [-0.2, -0.15) is 0 Å². The maximum Gasteiger partial charge on any atom is 0.210 e. The van der Waals surface area contributed by atoms with Gasteiger partial charge < -0.3 is 10.6 Å². The molecule has 2 N–H and O–H groups in total. The largest absolute Gasteiger partial charge is 0.399 e. The Labute approximate surface area is 84.5 Å². The van der Waals surface area contributed by atoms with E-state index in [0.717, 1.165) is 17.7 Å². The molecule has 0 aliphatic carbocycles. The molecule has 0 saturated heterocycles. The summed E-state index contributed by atoms with van der Waals surface area (Å²) in [6, 6.07) is 7.80. The number of carbonyl (C=O) groups is 1. The van der Waals surface area contributed by atoms with Crippen molar-refractivity contribution in [2.75, 3.05) is 5.73 Å². The molecule has 1 aromatic carbocycles. The van der Waals surface area contributed by atoms with Gasteiger partial charge in [0.1, 0.15) is 0 Å². The van der Waals surface area contributed by atoms with Gasteiger partial charge in [0.2, 0.25) is 6.41 Å². The van der Waals surface area contributed by atoms with E-state index in [1.807, 2.05) is 38.1 Å². The van der Waals surface area contributed by atoms with Crippen molar-refractivity contribution in [3.05, 3.63) is 29.8 Å². The van der Waals surface area contributed by atoms with Gasteiger partial charge in [-0.25, -0.2) is 0 Å². The second-order valence-electron chi connectivity index (χ2n) is 3.61. The summed E-state index contributed by atoms with van der Waals surface area (Å²) >= 11 is 0. The predicted molar refractivity (Wildman–Crippen MR) is 57.6 cm³/mol. The average molecular weight is 192 g/mol. The SMILES string of the molecule is CC(C)N(C=O)Cc1ccc(N)cc1. The molecule has 0 saturated carbocycles. The number of anilines is 1.